The summed E-state index contributed by atoms with van der Waals surface area (Å²) in [6.07, 6.45) is 3.31. The van der Waals surface area contributed by atoms with Crippen LogP contribution < -0.4 is 11.1 Å². The summed E-state index contributed by atoms with van der Waals surface area (Å²) < 4.78 is 43.6. The molecule has 36 heavy (non-hydrogen) atoms. The molecule has 0 bridgehead atoms. The molecule has 0 saturated heterocycles. The van der Waals surface area contributed by atoms with Gasteiger partial charge in [0.1, 0.15) is 24.1 Å². The van der Waals surface area contributed by atoms with Gasteiger partial charge >= 0.3 is 0 Å². The third kappa shape index (κ3) is 4.94. The van der Waals surface area contributed by atoms with Crippen molar-refractivity contribution in [1.29, 1.82) is 0 Å². The third-order valence-corrected chi connectivity index (χ3v) is 6.01. The first-order valence-electron chi connectivity index (χ1n) is 11.0. The van der Waals surface area contributed by atoms with Crippen LogP contribution in [0.25, 0.3) is 22.3 Å². The number of pyridine rings is 1. The molecule has 4 rings (SSSR count). The Bertz CT molecular complexity index is 1440. The Morgan fingerprint density at radius 3 is 2.53 bits per heavy atom. The molecule has 4 N–H and O–H groups in total. The van der Waals surface area contributed by atoms with Gasteiger partial charge in [0.15, 0.2) is 0 Å². The monoisotopic (exact) mass is 495 g/mol. The van der Waals surface area contributed by atoms with E-state index in [4.69, 9.17) is 5.73 Å². The number of hydrogen-bond donors (Lipinski definition) is 3. The molecule has 0 spiro atoms. The highest BCUT2D eigenvalue weighted by atomic mass is 19.1. The van der Waals surface area contributed by atoms with Gasteiger partial charge in [-0.1, -0.05) is 12.1 Å². The lowest BCUT2D eigenvalue weighted by molar-refractivity contribution is 0.0912. The van der Waals surface area contributed by atoms with Crippen molar-refractivity contribution >= 4 is 11.7 Å². The number of carbonyl (C=O) groups excluding carboxylic acids is 1. The molecule has 0 fully saturated rings. The molecule has 0 aliphatic heterocycles. The predicted molar refractivity (Wildman–Crippen MR) is 129 cm³/mol. The first-order valence-corrected chi connectivity index (χ1v) is 11.0. The lowest BCUT2D eigenvalue weighted by atomic mass is 9.99. The van der Waals surface area contributed by atoms with Crippen molar-refractivity contribution in [2.24, 2.45) is 7.05 Å². The highest BCUT2D eigenvalue weighted by Gasteiger charge is 2.20. The number of alkyl halides is 1. The number of benzene rings is 2. The van der Waals surface area contributed by atoms with E-state index in [-0.39, 0.29) is 22.5 Å². The first kappa shape index (κ1) is 24.9. The van der Waals surface area contributed by atoms with Gasteiger partial charge in [-0.3, -0.25) is 9.48 Å². The predicted octanol–water partition coefficient (Wildman–Crippen LogP) is 4.25. The van der Waals surface area contributed by atoms with Gasteiger partial charge < -0.3 is 16.2 Å². The summed E-state index contributed by atoms with van der Waals surface area (Å²) in [7, 11) is 1.82. The van der Waals surface area contributed by atoms with Crippen molar-refractivity contribution in [1.82, 2.24) is 20.1 Å². The van der Waals surface area contributed by atoms with E-state index in [9.17, 15) is 18.7 Å². The van der Waals surface area contributed by atoms with Gasteiger partial charge in [0, 0.05) is 35.6 Å². The maximum absolute atomic E-state index is 15.0. The molecule has 0 radical (unpaired) electrons. The van der Waals surface area contributed by atoms with E-state index in [1.807, 2.05) is 14.0 Å². The number of aryl methyl sites for hydroxylation is 1. The molecular formula is C26H24F3N5O2. The lowest BCUT2D eigenvalue weighted by Crippen LogP contribution is -2.31. The highest BCUT2D eigenvalue weighted by Crippen LogP contribution is 2.32. The molecule has 0 saturated carbocycles. The zero-order chi connectivity index (χ0) is 26.0. The maximum atomic E-state index is 15.0. The van der Waals surface area contributed by atoms with Crippen LogP contribution >= 0.6 is 0 Å². The Morgan fingerprint density at radius 1 is 1.11 bits per heavy atom. The van der Waals surface area contributed by atoms with Crippen molar-refractivity contribution in [2.75, 3.05) is 12.3 Å². The largest absolute Gasteiger partial charge is 0.394 e. The van der Waals surface area contributed by atoms with E-state index in [0.717, 1.165) is 29.0 Å². The average Bonchev–Trinajstić information content (AvgIpc) is 3.20. The number of aromatic nitrogens is 3. The van der Waals surface area contributed by atoms with Crippen LogP contribution in [-0.4, -0.2) is 32.4 Å². The quantitative estimate of drug-likeness (QED) is 0.356. The van der Waals surface area contributed by atoms with Crippen molar-refractivity contribution in [2.45, 2.75) is 19.6 Å². The Kier molecular flexibility index (Phi) is 7.07. The van der Waals surface area contributed by atoms with E-state index >= 15 is 4.39 Å². The van der Waals surface area contributed by atoms with E-state index in [0.29, 0.717) is 11.1 Å². The first-order chi connectivity index (χ1) is 17.2. The van der Waals surface area contributed by atoms with Crippen molar-refractivity contribution in [3.63, 3.8) is 0 Å². The molecule has 1 amide bonds. The number of nitrogens with two attached hydrogens (primary N) is 1. The number of anilines is 1. The lowest BCUT2D eigenvalue weighted by Gasteiger charge is -2.18. The Labute approximate surface area is 205 Å². The summed E-state index contributed by atoms with van der Waals surface area (Å²) in [5, 5.41) is 16.4. The molecule has 2 aromatic heterocycles. The second-order valence-corrected chi connectivity index (χ2v) is 8.35. The third-order valence-electron chi connectivity index (χ3n) is 6.01. The van der Waals surface area contributed by atoms with Gasteiger partial charge in [0.25, 0.3) is 5.91 Å². The van der Waals surface area contributed by atoms with Crippen molar-refractivity contribution in [3.05, 3.63) is 88.9 Å². The summed E-state index contributed by atoms with van der Waals surface area (Å²) in [5.74, 6) is -2.17. The van der Waals surface area contributed by atoms with Gasteiger partial charge in [0.2, 0.25) is 0 Å². The summed E-state index contributed by atoms with van der Waals surface area (Å²) in [6, 6.07) is 8.12. The fraction of sp³-hybridized carbons (Fsp3) is 0.192. The zero-order valence-corrected chi connectivity index (χ0v) is 19.6. The standard InChI is InChI=1S/C26H24F3N5O2/c1-14-22(12-32-34(14)2)18-8-21(25(30)31-11-18)16-3-4-20(23(29)9-16)26(36)33-24(13-35)17-5-15(10-27)6-19(28)7-17/h3-9,11-12,24,35H,10,13H2,1-2H3,(H2,30,31)(H,33,36). The minimum absolute atomic E-state index is 0.0585. The number of nitrogen functional groups attached to an aromatic ring is 1. The Balaban J connectivity index is 1.61. The fourth-order valence-corrected chi connectivity index (χ4v) is 3.93. The Hall–Kier alpha value is -4.18. The normalized spacial score (nSPS) is 11.9. The smallest absolute Gasteiger partial charge is 0.254 e. The average molecular weight is 496 g/mol. The van der Waals surface area contributed by atoms with Crippen LogP contribution in [-0.2, 0) is 13.7 Å². The van der Waals surface area contributed by atoms with Crippen LogP contribution in [0, 0.1) is 18.6 Å². The van der Waals surface area contributed by atoms with E-state index in [2.05, 4.69) is 15.4 Å². The van der Waals surface area contributed by atoms with Crippen LogP contribution in [0.4, 0.5) is 19.0 Å². The molecule has 2 heterocycles. The number of rotatable bonds is 7. The van der Waals surface area contributed by atoms with Crippen LogP contribution in [0.3, 0.4) is 0 Å². The van der Waals surface area contributed by atoms with Gasteiger partial charge in [-0.15, -0.1) is 0 Å². The molecule has 0 aliphatic rings. The molecule has 0 aliphatic carbocycles. The van der Waals surface area contributed by atoms with Gasteiger partial charge in [-0.2, -0.15) is 5.10 Å². The molecule has 2 aromatic carbocycles. The van der Waals surface area contributed by atoms with Gasteiger partial charge in [-0.05, 0) is 53.9 Å². The highest BCUT2D eigenvalue weighted by molar-refractivity contribution is 5.95. The molecule has 1 atom stereocenters. The van der Waals surface area contributed by atoms with Crippen LogP contribution in [0.5, 0.6) is 0 Å². The second kappa shape index (κ2) is 10.2. The van der Waals surface area contributed by atoms with E-state index in [1.54, 1.807) is 23.1 Å². The number of nitrogens with zero attached hydrogens (tertiary/aromatic N) is 3. The molecular weight excluding hydrogens is 471 g/mol. The van der Waals surface area contributed by atoms with Gasteiger partial charge in [-0.25, -0.2) is 18.2 Å². The fourth-order valence-electron chi connectivity index (χ4n) is 3.93. The molecule has 10 heteroatoms. The minimum Gasteiger partial charge on any atom is -0.394 e. The maximum Gasteiger partial charge on any atom is 0.254 e. The minimum atomic E-state index is -1.06. The molecule has 7 nitrogen and oxygen atoms in total. The zero-order valence-electron chi connectivity index (χ0n) is 19.6. The van der Waals surface area contributed by atoms with Gasteiger partial charge in [0.05, 0.1) is 24.4 Å². The van der Waals surface area contributed by atoms with Crippen LogP contribution in [0.1, 0.15) is 33.2 Å². The number of nitrogens with one attached hydrogen (secondary N) is 1. The molecule has 1 unspecified atom stereocenters. The van der Waals surface area contributed by atoms with E-state index < -0.39 is 36.9 Å². The SMILES string of the molecule is Cc1c(-c2cnc(N)c(-c3ccc(C(=O)NC(CO)c4cc(F)cc(CF)c4)c(F)c3)c2)cnn1C. The number of amides is 1. The van der Waals surface area contributed by atoms with Crippen molar-refractivity contribution < 1.29 is 23.1 Å². The number of aliphatic hydroxyl groups excluding tert-OH is 1. The summed E-state index contributed by atoms with van der Waals surface area (Å²) in [4.78, 5) is 17.0. The van der Waals surface area contributed by atoms with E-state index in [1.165, 1.54) is 24.3 Å². The van der Waals surface area contributed by atoms with Crippen molar-refractivity contribution in [3.8, 4) is 22.3 Å². The van der Waals surface area contributed by atoms with Crippen LogP contribution in [0.2, 0.25) is 0 Å². The van der Waals surface area contributed by atoms with Crippen LogP contribution in [0.15, 0.2) is 54.9 Å². The topological polar surface area (TPSA) is 106 Å². The number of aliphatic hydroxyl groups is 1. The number of halogens is 3. The summed E-state index contributed by atoms with van der Waals surface area (Å²) in [6.45, 7) is 0.406. The molecule has 186 valence electrons. The summed E-state index contributed by atoms with van der Waals surface area (Å²) in [5.41, 5.74) is 9.40. The Morgan fingerprint density at radius 2 is 1.89 bits per heavy atom. The summed E-state index contributed by atoms with van der Waals surface area (Å²) >= 11 is 0. The number of hydrogen-bond acceptors (Lipinski definition) is 5. The molecule has 4 aromatic rings. The number of carbonyl (C=O) groups is 1. The second-order valence-electron chi connectivity index (χ2n) is 8.35.